The number of carbonyl (C=O) groups excluding carboxylic acids is 3. The number of aliphatic hydroxyl groups excluding tert-OH is 1. The van der Waals surface area contributed by atoms with Crippen molar-refractivity contribution in [2.45, 2.75) is 60.5 Å². The van der Waals surface area contributed by atoms with E-state index in [1.165, 1.54) is 16.7 Å². The molecule has 7 atom stereocenters. The summed E-state index contributed by atoms with van der Waals surface area (Å²) in [5.74, 6) is -2.34. The average Bonchev–Trinajstić information content (AvgIpc) is 3.36. The average molecular weight is 560 g/mol. The van der Waals surface area contributed by atoms with Gasteiger partial charge in [-0.1, -0.05) is 46.6 Å². The topological polar surface area (TPSA) is 95.9 Å². The highest BCUT2D eigenvalue weighted by atomic mass is 79.9. The van der Waals surface area contributed by atoms with Gasteiger partial charge in [0, 0.05) is 10.1 Å². The van der Waals surface area contributed by atoms with Gasteiger partial charge in [-0.2, -0.15) is 0 Å². The van der Waals surface area contributed by atoms with E-state index < -0.39 is 34.6 Å². The van der Waals surface area contributed by atoms with Gasteiger partial charge >= 0.3 is 5.97 Å². The van der Waals surface area contributed by atoms with Gasteiger partial charge in [-0.05, 0) is 38.3 Å². The van der Waals surface area contributed by atoms with E-state index in [-0.39, 0.29) is 35.1 Å². The Kier molecular flexibility index (Phi) is 7.07. The maximum Gasteiger partial charge on any atom is 0.310 e. The second-order valence-corrected chi connectivity index (χ2v) is 12.0. The summed E-state index contributed by atoms with van der Waals surface area (Å²) in [6.07, 6.45) is 1.04. The van der Waals surface area contributed by atoms with Crippen LogP contribution in [-0.4, -0.2) is 67.9 Å². The van der Waals surface area contributed by atoms with E-state index in [9.17, 15) is 19.5 Å². The minimum absolute atomic E-state index is 0.0348. The van der Waals surface area contributed by atoms with Crippen LogP contribution in [0.25, 0.3) is 0 Å². The molecule has 3 fully saturated rings. The lowest BCUT2D eigenvalue weighted by Crippen LogP contribution is -2.55. The summed E-state index contributed by atoms with van der Waals surface area (Å²) < 4.78 is 4.54. The van der Waals surface area contributed by atoms with Crippen molar-refractivity contribution in [2.75, 3.05) is 18.5 Å². The second kappa shape index (κ2) is 9.40. The molecule has 0 aromatic heterocycles. The number of aliphatic hydroxyl groups is 1. The Morgan fingerprint density at radius 3 is 2.76 bits per heavy atom. The van der Waals surface area contributed by atoms with Crippen LogP contribution in [0.3, 0.4) is 0 Å². The number of aryl methyl sites for hydroxylation is 1. The first-order chi connectivity index (χ1) is 15.7. The molecule has 1 aromatic rings. The van der Waals surface area contributed by atoms with Crippen molar-refractivity contribution in [3.8, 4) is 0 Å². The molecule has 3 heterocycles. The van der Waals surface area contributed by atoms with E-state index in [1.807, 2.05) is 19.9 Å². The number of halogens is 2. The summed E-state index contributed by atoms with van der Waals surface area (Å²) in [6.45, 7) is 5.41. The summed E-state index contributed by atoms with van der Waals surface area (Å²) in [7, 11) is 0. The Hall–Kier alpha value is -1.29. The predicted molar refractivity (Wildman–Crippen MR) is 132 cm³/mol. The number of ether oxygens (including phenoxy) is 1. The molecule has 3 saturated heterocycles. The number of nitrogens with zero attached hydrogens (tertiary/aromatic N) is 1. The zero-order chi connectivity index (χ0) is 24.1. The number of esters is 1. The number of nitrogens with one attached hydrogen (secondary N) is 1. The van der Waals surface area contributed by atoms with Gasteiger partial charge in [0.05, 0.1) is 46.5 Å². The van der Waals surface area contributed by atoms with Crippen LogP contribution in [0.1, 0.15) is 32.3 Å². The lowest BCUT2D eigenvalue weighted by atomic mass is 9.71. The lowest BCUT2D eigenvalue weighted by Gasteiger charge is -2.37. The van der Waals surface area contributed by atoms with Crippen LogP contribution in [0, 0.1) is 18.8 Å². The molecule has 3 aliphatic rings. The largest absolute Gasteiger partial charge is 0.466 e. The fraction of sp³-hybridized carbons (Fsp3) is 0.609. The molecule has 0 radical (unpaired) electrons. The Labute approximate surface area is 211 Å². The standard InChI is InChI=1S/C23H28BrClN2O5S/c1-4-12(10-28)27-19(20(29)26-17-11(3)7-6-8-14(17)25)23-9-13(24)18(33-23)15(16(23)21(27)30)22(31)32-5-2/h6-8,12-13,15-16,18-19,28H,4-5,9-10H2,1-3H3,(H,26,29)/t12-,13?,15-,16-,18-,19?,23?/m0/s1. The van der Waals surface area contributed by atoms with Crippen LogP contribution in [0.5, 0.6) is 0 Å². The van der Waals surface area contributed by atoms with Gasteiger partial charge in [0.15, 0.2) is 0 Å². The van der Waals surface area contributed by atoms with Gasteiger partial charge in [0.1, 0.15) is 6.04 Å². The van der Waals surface area contributed by atoms with Crippen LogP contribution in [-0.2, 0) is 19.1 Å². The number of amides is 2. The van der Waals surface area contributed by atoms with Crippen molar-refractivity contribution in [3.05, 3.63) is 28.8 Å². The van der Waals surface area contributed by atoms with E-state index in [2.05, 4.69) is 21.2 Å². The van der Waals surface area contributed by atoms with Crippen LogP contribution < -0.4 is 5.32 Å². The molecular formula is C23H28BrClN2O5S. The normalized spacial score (nSPS) is 33.2. The van der Waals surface area contributed by atoms with Crippen LogP contribution in [0.4, 0.5) is 5.69 Å². The van der Waals surface area contributed by atoms with Gasteiger partial charge in [-0.25, -0.2) is 0 Å². The third-order valence-corrected chi connectivity index (χ3v) is 10.6. The molecule has 0 saturated carbocycles. The first-order valence-corrected chi connectivity index (χ1v) is 13.4. The summed E-state index contributed by atoms with van der Waals surface area (Å²) in [6, 6.07) is 3.98. The van der Waals surface area contributed by atoms with Crippen molar-refractivity contribution in [2.24, 2.45) is 11.8 Å². The molecule has 3 unspecified atom stereocenters. The molecular weight excluding hydrogens is 532 g/mol. The number of rotatable bonds is 7. The fourth-order valence-electron chi connectivity index (χ4n) is 5.66. The van der Waals surface area contributed by atoms with Gasteiger partial charge in [-0.3, -0.25) is 14.4 Å². The molecule has 2 bridgehead atoms. The summed E-state index contributed by atoms with van der Waals surface area (Å²) in [5, 5.41) is 13.3. The van der Waals surface area contributed by atoms with Gasteiger partial charge in [0.2, 0.25) is 11.8 Å². The lowest BCUT2D eigenvalue weighted by molar-refractivity contribution is -0.154. The van der Waals surface area contributed by atoms with Gasteiger partial charge in [-0.15, -0.1) is 11.8 Å². The Morgan fingerprint density at radius 1 is 1.42 bits per heavy atom. The molecule has 3 aliphatic heterocycles. The van der Waals surface area contributed by atoms with Crippen LogP contribution in [0.15, 0.2) is 18.2 Å². The molecule has 1 spiro atoms. The molecule has 4 rings (SSSR count). The predicted octanol–water partition coefficient (Wildman–Crippen LogP) is 3.39. The first kappa shape index (κ1) is 24.8. The summed E-state index contributed by atoms with van der Waals surface area (Å²) in [5.41, 5.74) is 1.31. The van der Waals surface area contributed by atoms with E-state index in [1.54, 1.807) is 19.1 Å². The maximum atomic E-state index is 13.9. The van der Waals surface area contributed by atoms with E-state index in [0.29, 0.717) is 23.6 Å². The quantitative estimate of drug-likeness (QED) is 0.393. The van der Waals surface area contributed by atoms with E-state index >= 15 is 0 Å². The molecule has 7 nitrogen and oxygen atoms in total. The maximum absolute atomic E-state index is 13.9. The molecule has 2 amide bonds. The first-order valence-electron chi connectivity index (χ1n) is 11.2. The number of alkyl halides is 1. The zero-order valence-corrected chi connectivity index (χ0v) is 21.9. The Morgan fingerprint density at radius 2 is 2.15 bits per heavy atom. The summed E-state index contributed by atoms with van der Waals surface area (Å²) >= 11 is 11.6. The number of benzene rings is 1. The number of hydrogen-bond acceptors (Lipinski definition) is 6. The smallest absolute Gasteiger partial charge is 0.310 e. The highest BCUT2D eigenvalue weighted by Crippen LogP contribution is 2.68. The number of hydrogen-bond donors (Lipinski definition) is 2. The van der Waals surface area contributed by atoms with Crippen LogP contribution >= 0.6 is 39.3 Å². The van der Waals surface area contributed by atoms with Crippen molar-refractivity contribution >= 4 is 62.8 Å². The Bertz CT molecular complexity index is 956. The SMILES string of the molecule is CCOC(=O)[C@H]1[C@H]2C(=O)N([C@@H](CC)CO)C(C(=O)Nc3c(C)cccc3Cl)C23CC(Br)[C@@H]1S3. The van der Waals surface area contributed by atoms with Gasteiger partial charge < -0.3 is 20.1 Å². The van der Waals surface area contributed by atoms with Crippen molar-refractivity contribution in [1.29, 1.82) is 0 Å². The Balaban J connectivity index is 1.79. The van der Waals surface area contributed by atoms with Crippen molar-refractivity contribution in [1.82, 2.24) is 4.90 Å². The fourth-order valence-corrected chi connectivity index (χ4v) is 9.52. The minimum atomic E-state index is -0.850. The molecule has 2 N–H and O–H groups in total. The number of fused-ring (bicyclic) bond motifs is 1. The minimum Gasteiger partial charge on any atom is -0.466 e. The van der Waals surface area contributed by atoms with Crippen LogP contribution in [0.2, 0.25) is 5.02 Å². The molecule has 33 heavy (non-hydrogen) atoms. The monoisotopic (exact) mass is 558 g/mol. The number of carbonyl (C=O) groups is 3. The highest BCUT2D eigenvalue weighted by molar-refractivity contribution is 9.09. The van der Waals surface area contributed by atoms with Crippen molar-refractivity contribution in [3.63, 3.8) is 0 Å². The number of thioether (sulfide) groups is 1. The third-order valence-electron chi connectivity index (χ3n) is 7.08. The molecule has 0 aliphatic carbocycles. The number of para-hydroxylation sites is 1. The summed E-state index contributed by atoms with van der Waals surface area (Å²) in [4.78, 5) is 42.1. The molecule has 1 aromatic carbocycles. The number of anilines is 1. The highest BCUT2D eigenvalue weighted by Gasteiger charge is 2.76. The van der Waals surface area contributed by atoms with E-state index in [0.717, 1.165) is 5.56 Å². The molecule has 180 valence electrons. The molecule has 10 heteroatoms. The van der Waals surface area contributed by atoms with Crippen molar-refractivity contribution < 1.29 is 24.2 Å². The number of likely N-dealkylation sites (tertiary alicyclic amines) is 1. The second-order valence-electron chi connectivity index (χ2n) is 8.83. The van der Waals surface area contributed by atoms with Gasteiger partial charge in [0.25, 0.3) is 0 Å². The van der Waals surface area contributed by atoms with E-state index in [4.69, 9.17) is 16.3 Å². The third kappa shape index (κ3) is 3.79. The zero-order valence-electron chi connectivity index (χ0n) is 18.7.